The minimum atomic E-state index is -0.284. The highest BCUT2D eigenvalue weighted by atomic mass is 16.6. The van der Waals surface area contributed by atoms with Crippen molar-refractivity contribution in [1.82, 2.24) is 0 Å². The van der Waals surface area contributed by atoms with Gasteiger partial charge in [-0.05, 0) is 0 Å². The molecule has 66 valence electrons. The Morgan fingerprint density at radius 2 is 2.67 bits per heavy atom. The van der Waals surface area contributed by atoms with Gasteiger partial charge in [-0.1, -0.05) is 12.2 Å². The molecule has 0 aliphatic carbocycles. The highest BCUT2D eigenvalue weighted by Gasteiger charge is 2.15. The Hall–Kier alpha value is -1.09. The molecule has 0 amide bonds. The van der Waals surface area contributed by atoms with Crippen LogP contribution >= 0.6 is 0 Å². The molecule has 1 rings (SSSR count). The maximum absolute atomic E-state index is 10.7. The summed E-state index contributed by atoms with van der Waals surface area (Å²) in [6.45, 7) is 4.46. The molecule has 1 atom stereocenters. The van der Waals surface area contributed by atoms with E-state index >= 15 is 0 Å². The second-order valence-corrected chi connectivity index (χ2v) is 2.52. The Morgan fingerprint density at radius 3 is 3.33 bits per heavy atom. The van der Waals surface area contributed by atoms with Gasteiger partial charge in [0.25, 0.3) is 0 Å². The molecule has 0 unspecified atom stereocenters. The lowest BCUT2D eigenvalue weighted by atomic mass is 10.2. The van der Waals surface area contributed by atoms with Gasteiger partial charge in [-0.2, -0.15) is 0 Å². The third-order valence-electron chi connectivity index (χ3n) is 1.48. The molecule has 0 saturated heterocycles. The summed E-state index contributed by atoms with van der Waals surface area (Å²) >= 11 is 0. The van der Waals surface area contributed by atoms with Crippen LogP contribution in [0.4, 0.5) is 0 Å². The van der Waals surface area contributed by atoms with Gasteiger partial charge in [0.05, 0.1) is 13.2 Å². The molecule has 0 radical (unpaired) electrons. The summed E-state index contributed by atoms with van der Waals surface area (Å²) < 4.78 is 10.1. The van der Waals surface area contributed by atoms with Gasteiger partial charge in [-0.25, -0.2) is 4.79 Å². The summed E-state index contributed by atoms with van der Waals surface area (Å²) in [4.78, 5) is 10.7. The van der Waals surface area contributed by atoms with Crippen LogP contribution in [-0.2, 0) is 14.3 Å². The standard InChI is InChI=1S/C9H12O3/c1-2-6-11-7-8-4-3-5-9(10)12-8/h2-3,5,8H,1,4,6-7H2/t8-/m0/s1. The molecule has 3 nitrogen and oxygen atoms in total. The van der Waals surface area contributed by atoms with Crippen LogP contribution in [0.1, 0.15) is 6.42 Å². The fourth-order valence-electron chi connectivity index (χ4n) is 0.953. The van der Waals surface area contributed by atoms with E-state index in [9.17, 15) is 4.79 Å². The minimum Gasteiger partial charge on any atom is -0.456 e. The SMILES string of the molecule is C=CCOC[C@@H]1CC=CC(=O)O1. The quantitative estimate of drug-likeness (QED) is 0.357. The Morgan fingerprint density at radius 1 is 1.83 bits per heavy atom. The van der Waals surface area contributed by atoms with Crippen LogP contribution in [0, 0.1) is 0 Å². The van der Waals surface area contributed by atoms with Gasteiger partial charge in [0.1, 0.15) is 6.10 Å². The van der Waals surface area contributed by atoms with E-state index in [1.807, 2.05) is 0 Å². The molecule has 0 aromatic carbocycles. The Bertz CT molecular complexity index is 196. The van der Waals surface area contributed by atoms with Crippen LogP contribution < -0.4 is 0 Å². The van der Waals surface area contributed by atoms with Crippen LogP contribution in [0.15, 0.2) is 24.8 Å². The molecular weight excluding hydrogens is 156 g/mol. The first-order valence-electron chi connectivity index (χ1n) is 3.88. The summed E-state index contributed by atoms with van der Waals surface area (Å²) in [5, 5.41) is 0. The van der Waals surface area contributed by atoms with Crippen molar-refractivity contribution in [3.05, 3.63) is 24.8 Å². The number of carbonyl (C=O) groups excluding carboxylic acids is 1. The molecule has 1 aliphatic rings. The molecule has 1 aliphatic heterocycles. The van der Waals surface area contributed by atoms with Gasteiger partial charge in [-0.15, -0.1) is 6.58 Å². The molecule has 0 bridgehead atoms. The third kappa shape index (κ3) is 2.88. The second-order valence-electron chi connectivity index (χ2n) is 2.52. The van der Waals surface area contributed by atoms with E-state index in [-0.39, 0.29) is 12.1 Å². The molecule has 0 fully saturated rings. The van der Waals surface area contributed by atoms with E-state index in [2.05, 4.69) is 6.58 Å². The molecule has 0 spiro atoms. The van der Waals surface area contributed by atoms with Gasteiger partial charge in [-0.3, -0.25) is 0 Å². The van der Waals surface area contributed by atoms with Crippen molar-refractivity contribution in [2.45, 2.75) is 12.5 Å². The molecule has 3 heteroatoms. The van der Waals surface area contributed by atoms with Crippen molar-refractivity contribution in [2.24, 2.45) is 0 Å². The average molecular weight is 168 g/mol. The summed E-state index contributed by atoms with van der Waals surface area (Å²) in [6.07, 6.45) is 5.52. The lowest BCUT2D eigenvalue weighted by molar-refractivity contribution is -0.146. The van der Waals surface area contributed by atoms with E-state index < -0.39 is 0 Å². The van der Waals surface area contributed by atoms with Gasteiger partial charge < -0.3 is 9.47 Å². The average Bonchev–Trinajstić information content (AvgIpc) is 2.05. The molecule has 0 saturated carbocycles. The lowest BCUT2D eigenvalue weighted by Gasteiger charge is -2.17. The summed E-state index contributed by atoms with van der Waals surface area (Å²) in [5.41, 5.74) is 0. The van der Waals surface area contributed by atoms with Crippen LogP contribution in [-0.4, -0.2) is 25.3 Å². The molecule has 0 N–H and O–H groups in total. The molecule has 12 heavy (non-hydrogen) atoms. The molecule has 0 aromatic rings. The predicted octanol–water partition coefficient (Wildman–Crippen LogP) is 1.06. The fourth-order valence-corrected chi connectivity index (χ4v) is 0.953. The number of carbonyl (C=O) groups is 1. The first kappa shape index (κ1) is 9.00. The van der Waals surface area contributed by atoms with Crippen LogP contribution in [0.3, 0.4) is 0 Å². The first-order valence-corrected chi connectivity index (χ1v) is 3.88. The van der Waals surface area contributed by atoms with E-state index in [0.717, 1.165) is 6.42 Å². The maximum Gasteiger partial charge on any atom is 0.330 e. The third-order valence-corrected chi connectivity index (χ3v) is 1.48. The Balaban J connectivity index is 2.20. The molecular formula is C9H12O3. The van der Waals surface area contributed by atoms with Crippen LogP contribution in [0.25, 0.3) is 0 Å². The normalized spacial score (nSPS) is 22.0. The Kier molecular flexibility index (Phi) is 3.54. The summed E-state index contributed by atoms with van der Waals surface area (Å²) in [5.74, 6) is -0.284. The number of hydrogen-bond donors (Lipinski definition) is 0. The monoisotopic (exact) mass is 168 g/mol. The van der Waals surface area contributed by atoms with Gasteiger partial charge in [0.2, 0.25) is 0 Å². The lowest BCUT2D eigenvalue weighted by Crippen LogP contribution is -2.24. The van der Waals surface area contributed by atoms with Crippen molar-refractivity contribution >= 4 is 5.97 Å². The first-order chi connectivity index (χ1) is 5.83. The zero-order valence-electron chi connectivity index (χ0n) is 6.86. The van der Waals surface area contributed by atoms with Gasteiger partial charge in [0.15, 0.2) is 0 Å². The second kappa shape index (κ2) is 4.72. The van der Waals surface area contributed by atoms with Crippen molar-refractivity contribution in [3.8, 4) is 0 Å². The van der Waals surface area contributed by atoms with Gasteiger partial charge >= 0.3 is 5.97 Å². The molecule has 1 heterocycles. The van der Waals surface area contributed by atoms with Gasteiger partial charge in [0, 0.05) is 12.5 Å². The van der Waals surface area contributed by atoms with Crippen LogP contribution in [0.2, 0.25) is 0 Å². The van der Waals surface area contributed by atoms with E-state index in [4.69, 9.17) is 9.47 Å². The van der Waals surface area contributed by atoms with Crippen LogP contribution in [0.5, 0.6) is 0 Å². The van der Waals surface area contributed by atoms with E-state index in [1.165, 1.54) is 6.08 Å². The van der Waals surface area contributed by atoms with Crippen molar-refractivity contribution in [3.63, 3.8) is 0 Å². The maximum atomic E-state index is 10.7. The molecule has 0 aromatic heterocycles. The number of esters is 1. The minimum absolute atomic E-state index is 0.123. The van der Waals surface area contributed by atoms with E-state index in [0.29, 0.717) is 13.2 Å². The Labute approximate surface area is 71.7 Å². The van der Waals surface area contributed by atoms with Crippen molar-refractivity contribution < 1.29 is 14.3 Å². The fraction of sp³-hybridized carbons (Fsp3) is 0.444. The topological polar surface area (TPSA) is 35.5 Å². The van der Waals surface area contributed by atoms with Crippen molar-refractivity contribution in [2.75, 3.05) is 13.2 Å². The number of rotatable bonds is 4. The number of cyclic esters (lactones) is 1. The summed E-state index contributed by atoms with van der Waals surface area (Å²) in [7, 11) is 0. The van der Waals surface area contributed by atoms with E-state index in [1.54, 1.807) is 12.2 Å². The van der Waals surface area contributed by atoms with Crippen molar-refractivity contribution in [1.29, 1.82) is 0 Å². The predicted molar refractivity (Wildman–Crippen MR) is 44.7 cm³/mol. The summed E-state index contributed by atoms with van der Waals surface area (Å²) in [6, 6.07) is 0. The highest BCUT2D eigenvalue weighted by Crippen LogP contribution is 2.07. The smallest absolute Gasteiger partial charge is 0.330 e. The number of ether oxygens (including phenoxy) is 2. The number of hydrogen-bond acceptors (Lipinski definition) is 3. The zero-order chi connectivity index (χ0) is 8.81. The highest BCUT2D eigenvalue weighted by molar-refractivity contribution is 5.82. The largest absolute Gasteiger partial charge is 0.456 e. The zero-order valence-corrected chi connectivity index (χ0v) is 6.86.